The Balaban J connectivity index is 1.41. The molecule has 9 heteroatoms. The van der Waals surface area contributed by atoms with Gasteiger partial charge in [-0.2, -0.15) is 5.10 Å². The highest BCUT2D eigenvalue weighted by Gasteiger charge is 2.12. The fourth-order valence-corrected chi connectivity index (χ4v) is 3.68. The molecule has 1 aromatic carbocycles. The monoisotopic (exact) mass is 448 g/mol. The summed E-state index contributed by atoms with van der Waals surface area (Å²) in [6.07, 6.45) is 4.81. The maximum atomic E-state index is 12.1. The fraction of sp³-hybridized carbons (Fsp3) is 0.130. The Morgan fingerprint density at radius 2 is 2.06 bits per heavy atom. The van der Waals surface area contributed by atoms with E-state index in [1.807, 2.05) is 58.7 Å². The summed E-state index contributed by atoms with van der Waals surface area (Å²) >= 11 is 1.57. The third kappa shape index (κ3) is 5.58. The van der Waals surface area contributed by atoms with Crippen LogP contribution in [0.5, 0.6) is 0 Å². The molecule has 0 spiro atoms. The molecule has 0 unspecified atom stereocenters. The second-order valence-corrected chi connectivity index (χ2v) is 7.86. The lowest BCUT2D eigenvalue weighted by Gasteiger charge is -2.01. The Morgan fingerprint density at radius 1 is 1.22 bits per heavy atom. The van der Waals surface area contributed by atoms with Gasteiger partial charge in [-0.1, -0.05) is 41.6 Å². The molecule has 3 heterocycles. The average Bonchev–Trinajstić information content (AvgIpc) is 3.53. The van der Waals surface area contributed by atoms with Crippen LogP contribution in [0, 0.1) is 6.92 Å². The maximum absolute atomic E-state index is 12.1. The van der Waals surface area contributed by atoms with Gasteiger partial charge in [0.25, 0.3) is 5.91 Å². The van der Waals surface area contributed by atoms with E-state index in [1.54, 1.807) is 30.4 Å². The number of nitrogens with zero attached hydrogens (tertiary/aromatic N) is 3. The molecule has 32 heavy (non-hydrogen) atoms. The predicted molar refractivity (Wildman–Crippen MR) is 121 cm³/mol. The van der Waals surface area contributed by atoms with E-state index in [2.05, 4.69) is 10.5 Å². The second-order valence-electron chi connectivity index (χ2n) is 6.92. The summed E-state index contributed by atoms with van der Waals surface area (Å²) in [4.78, 5) is 25.0. The van der Waals surface area contributed by atoms with Crippen LogP contribution in [0.15, 0.2) is 70.7 Å². The van der Waals surface area contributed by atoms with E-state index in [9.17, 15) is 9.59 Å². The van der Waals surface area contributed by atoms with Crippen molar-refractivity contribution in [3.05, 3.63) is 83.0 Å². The summed E-state index contributed by atoms with van der Waals surface area (Å²) in [5, 5.41) is 12.8. The van der Waals surface area contributed by atoms with Gasteiger partial charge < -0.3 is 9.26 Å². The molecule has 1 amide bonds. The van der Waals surface area contributed by atoms with Gasteiger partial charge in [-0.3, -0.25) is 14.8 Å². The highest BCUT2D eigenvalue weighted by Crippen LogP contribution is 2.27. The minimum Gasteiger partial charge on any atom is -0.452 e. The van der Waals surface area contributed by atoms with Crippen LogP contribution in [0.1, 0.15) is 16.8 Å². The number of amides is 1. The van der Waals surface area contributed by atoms with Crippen LogP contribution in [-0.2, 0) is 20.9 Å². The number of nitrogens with one attached hydrogen (secondary N) is 1. The molecular weight excluding hydrogens is 428 g/mol. The highest BCUT2D eigenvalue weighted by molar-refractivity contribution is 7.13. The average molecular weight is 449 g/mol. The first-order valence-electron chi connectivity index (χ1n) is 9.80. The number of benzene rings is 1. The van der Waals surface area contributed by atoms with Crippen molar-refractivity contribution in [2.75, 3.05) is 11.9 Å². The molecule has 0 fully saturated rings. The van der Waals surface area contributed by atoms with Crippen LogP contribution in [0.25, 0.3) is 16.6 Å². The van der Waals surface area contributed by atoms with Gasteiger partial charge in [-0.05, 0) is 30.0 Å². The van der Waals surface area contributed by atoms with Crippen molar-refractivity contribution in [1.82, 2.24) is 14.9 Å². The predicted octanol–water partition coefficient (Wildman–Crippen LogP) is 4.15. The Hall–Kier alpha value is -3.98. The third-order valence-electron chi connectivity index (χ3n) is 4.37. The second kappa shape index (κ2) is 9.88. The largest absolute Gasteiger partial charge is 0.452 e. The molecule has 8 nitrogen and oxygen atoms in total. The molecule has 0 saturated carbocycles. The number of esters is 1. The Morgan fingerprint density at radius 3 is 2.78 bits per heavy atom. The molecule has 3 aromatic heterocycles. The van der Waals surface area contributed by atoms with Crippen molar-refractivity contribution in [3.8, 4) is 10.6 Å². The van der Waals surface area contributed by atoms with E-state index < -0.39 is 18.5 Å². The molecule has 0 aliphatic rings. The standard InChI is InChI=1S/C23H20N4O4S/c1-16-12-21(31-26-16)24-20(28)15-30-22(29)10-9-18-14-27(13-17-6-3-2-4-7-17)25-23(18)19-8-5-11-32-19/h2-12,14H,13,15H2,1H3,(H,24,28)/b10-9+. The van der Waals surface area contributed by atoms with Crippen LogP contribution >= 0.6 is 11.3 Å². The van der Waals surface area contributed by atoms with Crippen molar-refractivity contribution in [3.63, 3.8) is 0 Å². The molecule has 162 valence electrons. The van der Waals surface area contributed by atoms with Crippen molar-refractivity contribution in [2.45, 2.75) is 13.5 Å². The molecule has 0 aliphatic heterocycles. The van der Waals surface area contributed by atoms with Crippen molar-refractivity contribution >= 4 is 35.2 Å². The summed E-state index contributed by atoms with van der Waals surface area (Å²) in [6.45, 7) is 1.91. The number of aromatic nitrogens is 3. The molecule has 4 rings (SSSR count). The normalized spacial score (nSPS) is 11.0. The zero-order valence-electron chi connectivity index (χ0n) is 17.2. The van der Waals surface area contributed by atoms with Crippen molar-refractivity contribution in [1.29, 1.82) is 0 Å². The van der Waals surface area contributed by atoms with Gasteiger partial charge in [-0.15, -0.1) is 11.3 Å². The van der Waals surface area contributed by atoms with Gasteiger partial charge in [0, 0.05) is 23.9 Å². The molecule has 0 aliphatic carbocycles. The van der Waals surface area contributed by atoms with E-state index in [1.165, 1.54) is 6.08 Å². The number of thiophene rings is 1. The molecule has 0 radical (unpaired) electrons. The molecule has 4 aromatic rings. The van der Waals surface area contributed by atoms with E-state index in [-0.39, 0.29) is 5.88 Å². The first-order valence-corrected chi connectivity index (χ1v) is 10.7. The third-order valence-corrected chi connectivity index (χ3v) is 5.24. The van der Waals surface area contributed by atoms with Gasteiger partial charge in [0.1, 0.15) is 5.69 Å². The zero-order valence-corrected chi connectivity index (χ0v) is 18.0. The number of hydrogen-bond acceptors (Lipinski definition) is 7. The lowest BCUT2D eigenvalue weighted by molar-refractivity contribution is -0.142. The van der Waals surface area contributed by atoms with Gasteiger partial charge in [0.05, 0.1) is 17.1 Å². The zero-order chi connectivity index (χ0) is 22.3. The van der Waals surface area contributed by atoms with Crippen LogP contribution in [0.4, 0.5) is 5.88 Å². The quantitative estimate of drug-likeness (QED) is 0.321. The molecule has 0 atom stereocenters. The van der Waals surface area contributed by atoms with E-state index in [0.717, 1.165) is 21.7 Å². The maximum Gasteiger partial charge on any atom is 0.331 e. The summed E-state index contributed by atoms with van der Waals surface area (Å²) < 4.78 is 11.7. The summed E-state index contributed by atoms with van der Waals surface area (Å²) in [6, 6.07) is 15.5. The first kappa shape index (κ1) is 21.3. The number of aryl methyl sites for hydroxylation is 1. The van der Waals surface area contributed by atoms with E-state index in [0.29, 0.717) is 12.2 Å². The van der Waals surface area contributed by atoms with Crippen LogP contribution in [0.3, 0.4) is 0 Å². The Kier molecular flexibility index (Phi) is 6.57. The Bertz CT molecular complexity index is 1230. The first-order chi connectivity index (χ1) is 15.6. The summed E-state index contributed by atoms with van der Waals surface area (Å²) in [5.74, 6) is -0.954. The van der Waals surface area contributed by atoms with E-state index in [4.69, 9.17) is 14.4 Å². The van der Waals surface area contributed by atoms with Crippen molar-refractivity contribution < 1.29 is 18.8 Å². The lowest BCUT2D eigenvalue weighted by Crippen LogP contribution is -2.19. The number of carbonyl (C=O) groups is 2. The number of anilines is 1. The molecular formula is C23H20N4O4S. The van der Waals surface area contributed by atoms with Gasteiger partial charge in [-0.25, -0.2) is 4.79 Å². The highest BCUT2D eigenvalue weighted by atomic mass is 32.1. The minimum atomic E-state index is -0.637. The molecule has 0 bridgehead atoms. The SMILES string of the molecule is Cc1cc(NC(=O)COC(=O)/C=C/c2cn(Cc3ccccc3)nc2-c2cccs2)on1. The van der Waals surface area contributed by atoms with E-state index >= 15 is 0 Å². The number of rotatable bonds is 8. The Labute approximate surface area is 188 Å². The minimum absolute atomic E-state index is 0.200. The van der Waals surface area contributed by atoms with Crippen LogP contribution < -0.4 is 5.32 Å². The number of hydrogen-bond donors (Lipinski definition) is 1. The van der Waals surface area contributed by atoms with Gasteiger partial charge in [0.15, 0.2) is 6.61 Å². The van der Waals surface area contributed by atoms with Crippen LogP contribution in [0.2, 0.25) is 0 Å². The number of ether oxygens (including phenoxy) is 1. The van der Waals surface area contributed by atoms with Gasteiger partial charge in [0.2, 0.25) is 5.88 Å². The lowest BCUT2D eigenvalue weighted by atomic mass is 10.2. The van der Waals surface area contributed by atoms with Crippen LogP contribution in [-0.4, -0.2) is 33.4 Å². The molecule has 0 saturated heterocycles. The van der Waals surface area contributed by atoms with Crippen molar-refractivity contribution in [2.24, 2.45) is 0 Å². The fourth-order valence-electron chi connectivity index (χ4n) is 2.95. The molecule has 1 N–H and O–H groups in total. The smallest absolute Gasteiger partial charge is 0.331 e. The number of carbonyl (C=O) groups excluding carboxylic acids is 2. The topological polar surface area (TPSA) is 99.2 Å². The van der Waals surface area contributed by atoms with Gasteiger partial charge >= 0.3 is 5.97 Å². The summed E-state index contributed by atoms with van der Waals surface area (Å²) in [5.41, 5.74) is 3.31. The summed E-state index contributed by atoms with van der Waals surface area (Å²) in [7, 11) is 0.